The van der Waals surface area contributed by atoms with Gasteiger partial charge in [0.15, 0.2) is 5.13 Å². The molecule has 0 unspecified atom stereocenters. The molecule has 0 aliphatic carbocycles. The standard InChI is InChI=1S/C19H20N2OS/c1-12-7-5-6-8-14(12)17(22)21-18-20-15-10-9-13(19(2,3)4)11-16(15)23-18/h5-11H,1-4H3,(H,20,21,22). The number of fused-ring (bicyclic) bond motifs is 1. The molecule has 0 saturated carbocycles. The van der Waals surface area contributed by atoms with Crippen LogP contribution < -0.4 is 5.32 Å². The minimum absolute atomic E-state index is 0.0999. The van der Waals surface area contributed by atoms with E-state index >= 15 is 0 Å². The molecule has 3 aromatic rings. The number of aryl methyl sites for hydroxylation is 1. The van der Waals surface area contributed by atoms with Crippen LogP contribution in [0.2, 0.25) is 0 Å². The molecule has 0 atom stereocenters. The van der Waals surface area contributed by atoms with E-state index in [4.69, 9.17) is 0 Å². The molecular weight excluding hydrogens is 304 g/mol. The number of thiazole rings is 1. The molecule has 0 bridgehead atoms. The number of amides is 1. The Labute approximate surface area is 140 Å². The van der Waals surface area contributed by atoms with Crippen molar-refractivity contribution in [1.29, 1.82) is 0 Å². The quantitative estimate of drug-likeness (QED) is 0.708. The van der Waals surface area contributed by atoms with Crippen LogP contribution in [0.15, 0.2) is 42.5 Å². The van der Waals surface area contributed by atoms with E-state index in [9.17, 15) is 4.79 Å². The van der Waals surface area contributed by atoms with E-state index < -0.39 is 0 Å². The third-order valence-corrected chi connectivity index (χ3v) is 4.80. The molecule has 3 rings (SSSR count). The predicted octanol–water partition coefficient (Wildman–Crippen LogP) is 5.15. The second-order valence-electron chi connectivity index (χ2n) is 6.72. The maximum Gasteiger partial charge on any atom is 0.257 e. The number of hydrogen-bond acceptors (Lipinski definition) is 3. The van der Waals surface area contributed by atoms with Crippen LogP contribution in [0.5, 0.6) is 0 Å². The summed E-state index contributed by atoms with van der Waals surface area (Å²) in [6.45, 7) is 8.51. The Balaban J connectivity index is 1.89. The first-order valence-corrected chi connectivity index (χ1v) is 8.44. The van der Waals surface area contributed by atoms with Crippen molar-refractivity contribution in [2.45, 2.75) is 33.1 Å². The van der Waals surface area contributed by atoms with Gasteiger partial charge in [0.2, 0.25) is 0 Å². The monoisotopic (exact) mass is 324 g/mol. The minimum atomic E-state index is -0.113. The van der Waals surface area contributed by atoms with E-state index in [1.54, 1.807) is 0 Å². The Morgan fingerprint density at radius 1 is 1.13 bits per heavy atom. The molecule has 1 amide bonds. The second-order valence-corrected chi connectivity index (χ2v) is 7.75. The lowest BCUT2D eigenvalue weighted by Gasteiger charge is -2.18. The lowest BCUT2D eigenvalue weighted by molar-refractivity contribution is 0.102. The molecule has 1 heterocycles. The van der Waals surface area contributed by atoms with E-state index in [0.29, 0.717) is 10.7 Å². The first-order valence-electron chi connectivity index (χ1n) is 7.62. The third kappa shape index (κ3) is 3.27. The lowest BCUT2D eigenvalue weighted by Crippen LogP contribution is -2.12. The van der Waals surface area contributed by atoms with Gasteiger partial charge in [-0.3, -0.25) is 10.1 Å². The Kier molecular flexibility index (Phi) is 3.94. The number of hydrogen-bond donors (Lipinski definition) is 1. The van der Waals surface area contributed by atoms with Crippen molar-refractivity contribution < 1.29 is 4.79 Å². The van der Waals surface area contributed by atoms with Gasteiger partial charge in [0.25, 0.3) is 5.91 Å². The molecule has 0 saturated heterocycles. The van der Waals surface area contributed by atoms with E-state index in [-0.39, 0.29) is 11.3 Å². The van der Waals surface area contributed by atoms with Crippen LogP contribution in [0.3, 0.4) is 0 Å². The van der Waals surface area contributed by atoms with E-state index in [2.05, 4.69) is 43.2 Å². The molecule has 1 N–H and O–H groups in total. The number of rotatable bonds is 2. The second kappa shape index (κ2) is 5.78. The van der Waals surface area contributed by atoms with Crippen molar-refractivity contribution in [3.63, 3.8) is 0 Å². The number of nitrogens with zero attached hydrogens (tertiary/aromatic N) is 1. The molecule has 3 nitrogen and oxygen atoms in total. The maximum absolute atomic E-state index is 12.4. The van der Waals surface area contributed by atoms with Crippen molar-refractivity contribution in [3.05, 3.63) is 59.2 Å². The highest BCUT2D eigenvalue weighted by Crippen LogP contribution is 2.31. The number of carbonyl (C=O) groups excluding carboxylic acids is 1. The van der Waals surface area contributed by atoms with Crippen molar-refractivity contribution >= 4 is 32.6 Å². The fourth-order valence-electron chi connectivity index (χ4n) is 2.44. The van der Waals surface area contributed by atoms with Crippen LogP contribution >= 0.6 is 11.3 Å². The molecule has 0 radical (unpaired) electrons. The van der Waals surface area contributed by atoms with E-state index in [1.165, 1.54) is 16.9 Å². The maximum atomic E-state index is 12.4. The van der Waals surface area contributed by atoms with E-state index in [1.807, 2.05) is 37.3 Å². The zero-order chi connectivity index (χ0) is 16.6. The van der Waals surface area contributed by atoms with Gasteiger partial charge in [0.1, 0.15) is 0 Å². The highest BCUT2D eigenvalue weighted by Gasteiger charge is 2.16. The number of nitrogens with one attached hydrogen (secondary N) is 1. The molecule has 4 heteroatoms. The van der Waals surface area contributed by atoms with Gasteiger partial charge >= 0.3 is 0 Å². The van der Waals surface area contributed by atoms with Crippen molar-refractivity contribution in [2.75, 3.05) is 5.32 Å². The Bertz CT molecular complexity index is 874. The van der Waals surface area contributed by atoms with Crippen LogP contribution in [0.4, 0.5) is 5.13 Å². The molecule has 0 spiro atoms. The van der Waals surface area contributed by atoms with Crippen LogP contribution in [-0.4, -0.2) is 10.9 Å². The normalized spacial score (nSPS) is 11.7. The SMILES string of the molecule is Cc1ccccc1C(=O)Nc1nc2ccc(C(C)(C)C)cc2s1. The van der Waals surface area contributed by atoms with Gasteiger partial charge in [-0.1, -0.05) is 56.4 Å². The Morgan fingerprint density at radius 3 is 2.57 bits per heavy atom. The van der Waals surface area contributed by atoms with Gasteiger partial charge in [0.05, 0.1) is 10.2 Å². The smallest absolute Gasteiger partial charge is 0.257 e. The predicted molar refractivity (Wildman–Crippen MR) is 97.5 cm³/mol. The zero-order valence-corrected chi connectivity index (χ0v) is 14.6. The summed E-state index contributed by atoms with van der Waals surface area (Å²) in [7, 11) is 0. The number of aromatic nitrogens is 1. The molecule has 0 aliphatic rings. The third-order valence-electron chi connectivity index (χ3n) is 3.86. The molecule has 0 aliphatic heterocycles. The highest BCUT2D eigenvalue weighted by molar-refractivity contribution is 7.22. The summed E-state index contributed by atoms with van der Waals surface area (Å²) in [5, 5.41) is 3.55. The summed E-state index contributed by atoms with van der Waals surface area (Å²) < 4.78 is 1.09. The molecular formula is C19H20N2OS. The van der Waals surface area contributed by atoms with Crippen molar-refractivity contribution in [1.82, 2.24) is 4.98 Å². The topological polar surface area (TPSA) is 42.0 Å². The van der Waals surface area contributed by atoms with Gasteiger partial charge < -0.3 is 0 Å². The van der Waals surface area contributed by atoms with E-state index in [0.717, 1.165) is 15.8 Å². The summed E-state index contributed by atoms with van der Waals surface area (Å²) in [6.07, 6.45) is 0. The fourth-order valence-corrected chi connectivity index (χ4v) is 3.34. The summed E-state index contributed by atoms with van der Waals surface area (Å²) >= 11 is 1.51. The first-order chi connectivity index (χ1) is 10.8. The molecule has 0 fully saturated rings. The molecule has 1 aromatic heterocycles. The number of benzene rings is 2. The number of carbonyl (C=O) groups is 1. The van der Waals surface area contributed by atoms with Crippen LogP contribution in [0.1, 0.15) is 42.3 Å². The minimum Gasteiger partial charge on any atom is -0.298 e. The van der Waals surface area contributed by atoms with Crippen molar-refractivity contribution in [3.8, 4) is 0 Å². The van der Waals surface area contributed by atoms with Gasteiger partial charge in [0, 0.05) is 5.56 Å². The summed E-state index contributed by atoms with van der Waals surface area (Å²) in [4.78, 5) is 16.9. The van der Waals surface area contributed by atoms with Crippen LogP contribution in [0, 0.1) is 6.92 Å². The van der Waals surface area contributed by atoms with Gasteiger partial charge in [-0.15, -0.1) is 0 Å². The lowest BCUT2D eigenvalue weighted by atomic mass is 9.87. The first kappa shape index (κ1) is 15.7. The highest BCUT2D eigenvalue weighted by atomic mass is 32.1. The summed E-state index contributed by atoms with van der Waals surface area (Å²) in [6, 6.07) is 13.9. The van der Waals surface area contributed by atoms with Gasteiger partial charge in [-0.2, -0.15) is 0 Å². The fraction of sp³-hybridized carbons (Fsp3) is 0.263. The largest absolute Gasteiger partial charge is 0.298 e. The molecule has 2 aromatic carbocycles. The average Bonchev–Trinajstić information content (AvgIpc) is 2.87. The van der Waals surface area contributed by atoms with Crippen molar-refractivity contribution in [2.24, 2.45) is 0 Å². The van der Waals surface area contributed by atoms with Crippen LogP contribution in [-0.2, 0) is 5.41 Å². The van der Waals surface area contributed by atoms with Gasteiger partial charge in [-0.05, 0) is 41.7 Å². The zero-order valence-electron chi connectivity index (χ0n) is 13.8. The average molecular weight is 324 g/mol. The van der Waals surface area contributed by atoms with Gasteiger partial charge in [-0.25, -0.2) is 4.98 Å². The number of anilines is 1. The van der Waals surface area contributed by atoms with Crippen LogP contribution in [0.25, 0.3) is 10.2 Å². The molecule has 23 heavy (non-hydrogen) atoms. The molecule has 118 valence electrons. The summed E-state index contributed by atoms with van der Waals surface area (Å²) in [5.41, 5.74) is 3.93. The Morgan fingerprint density at radius 2 is 1.87 bits per heavy atom. The Hall–Kier alpha value is -2.20. The summed E-state index contributed by atoms with van der Waals surface area (Å²) in [5.74, 6) is -0.113.